The van der Waals surface area contributed by atoms with Crippen LogP contribution >= 0.6 is 0 Å². The number of ether oxygens (including phenoxy) is 1. The van der Waals surface area contributed by atoms with Crippen molar-refractivity contribution in [3.8, 4) is 5.75 Å². The van der Waals surface area contributed by atoms with Gasteiger partial charge in [0.1, 0.15) is 5.75 Å². The Morgan fingerprint density at radius 2 is 2.33 bits per heavy atom. The standard InChI is InChI=1S/C11H13N3O/c1-15-11-5-3-8-2-4-10(13-14-12)6-9(8)7-11/h3,5,7,10H,2,4,6H2,1H3/t10-/m0/s1. The first-order valence-electron chi connectivity index (χ1n) is 5.03. The highest BCUT2D eigenvalue weighted by molar-refractivity contribution is 5.37. The summed E-state index contributed by atoms with van der Waals surface area (Å²) in [7, 11) is 1.66. The fourth-order valence-corrected chi connectivity index (χ4v) is 2.01. The van der Waals surface area contributed by atoms with E-state index in [1.165, 1.54) is 11.1 Å². The Morgan fingerprint density at radius 3 is 3.07 bits per heavy atom. The molecule has 78 valence electrons. The van der Waals surface area contributed by atoms with Crippen molar-refractivity contribution >= 4 is 0 Å². The van der Waals surface area contributed by atoms with Gasteiger partial charge in [0.15, 0.2) is 0 Å². The Labute approximate surface area is 88.5 Å². The summed E-state index contributed by atoms with van der Waals surface area (Å²) in [4.78, 5) is 2.87. The van der Waals surface area contributed by atoms with Crippen molar-refractivity contribution in [2.45, 2.75) is 25.3 Å². The predicted molar refractivity (Wildman–Crippen MR) is 58.0 cm³/mol. The van der Waals surface area contributed by atoms with Gasteiger partial charge in [-0.25, -0.2) is 0 Å². The van der Waals surface area contributed by atoms with Crippen molar-refractivity contribution in [1.29, 1.82) is 0 Å². The van der Waals surface area contributed by atoms with Gasteiger partial charge in [-0.3, -0.25) is 0 Å². The molecule has 0 saturated carbocycles. The molecular weight excluding hydrogens is 190 g/mol. The third-order valence-electron chi connectivity index (χ3n) is 2.83. The highest BCUT2D eigenvalue weighted by atomic mass is 16.5. The minimum absolute atomic E-state index is 0.106. The maximum absolute atomic E-state index is 8.40. The first kappa shape index (κ1) is 9.87. The second-order valence-electron chi connectivity index (χ2n) is 3.74. The van der Waals surface area contributed by atoms with Crippen molar-refractivity contribution in [1.82, 2.24) is 0 Å². The Bertz CT molecular complexity index is 410. The molecule has 1 aromatic rings. The van der Waals surface area contributed by atoms with Gasteiger partial charge in [-0.05, 0) is 48.1 Å². The summed E-state index contributed by atoms with van der Waals surface area (Å²) < 4.78 is 5.17. The van der Waals surface area contributed by atoms with E-state index < -0.39 is 0 Å². The summed E-state index contributed by atoms with van der Waals surface area (Å²) in [6, 6.07) is 6.22. The molecule has 2 rings (SSSR count). The summed E-state index contributed by atoms with van der Waals surface area (Å²) >= 11 is 0. The van der Waals surface area contributed by atoms with Crippen LogP contribution in [0.1, 0.15) is 17.5 Å². The predicted octanol–water partition coefficient (Wildman–Crippen LogP) is 2.86. The number of benzene rings is 1. The number of rotatable bonds is 2. The van der Waals surface area contributed by atoms with Crippen molar-refractivity contribution < 1.29 is 4.74 Å². The third-order valence-corrected chi connectivity index (χ3v) is 2.83. The zero-order chi connectivity index (χ0) is 10.7. The number of fused-ring (bicyclic) bond motifs is 1. The molecule has 1 aliphatic carbocycles. The van der Waals surface area contributed by atoms with Gasteiger partial charge in [-0.15, -0.1) is 0 Å². The van der Waals surface area contributed by atoms with Gasteiger partial charge in [0, 0.05) is 11.0 Å². The molecule has 0 saturated heterocycles. The molecule has 4 nitrogen and oxygen atoms in total. The van der Waals surface area contributed by atoms with E-state index in [0.717, 1.165) is 25.0 Å². The van der Waals surface area contributed by atoms with Crippen molar-refractivity contribution in [2.24, 2.45) is 5.11 Å². The quantitative estimate of drug-likeness (QED) is 0.414. The molecule has 0 aliphatic heterocycles. The van der Waals surface area contributed by atoms with Gasteiger partial charge in [-0.2, -0.15) is 0 Å². The molecule has 15 heavy (non-hydrogen) atoms. The minimum atomic E-state index is 0.106. The van der Waals surface area contributed by atoms with Crippen LogP contribution in [0, 0.1) is 0 Å². The molecule has 0 aromatic heterocycles. The molecule has 0 bridgehead atoms. The van der Waals surface area contributed by atoms with E-state index in [1.54, 1.807) is 7.11 Å². The Hall–Kier alpha value is -1.67. The highest BCUT2D eigenvalue weighted by Crippen LogP contribution is 2.26. The molecule has 1 aromatic carbocycles. The van der Waals surface area contributed by atoms with Crippen LogP contribution < -0.4 is 4.74 Å². The van der Waals surface area contributed by atoms with Gasteiger partial charge in [-0.1, -0.05) is 11.2 Å². The molecule has 4 heteroatoms. The van der Waals surface area contributed by atoms with Crippen LogP contribution in [0.25, 0.3) is 10.4 Å². The van der Waals surface area contributed by atoms with Crippen LogP contribution in [0.3, 0.4) is 0 Å². The third kappa shape index (κ3) is 2.05. The molecule has 0 spiro atoms. The molecule has 0 radical (unpaired) electrons. The van der Waals surface area contributed by atoms with Crippen LogP contribution in [-0.2, 0) is 12.8 Å². The van der Waals surface area contributed by atoms with Gasteiger partial charge < -0.3 is 4.74 Å². The average Bonchev–Trinajstić information content (AvgIpc) is 2.28. The van der Waals surface area contributed by atoms with E-state index in [1.807, 2.05) is 12.1 Å². The van der Waals surface area contributed by atoms with Crippen LogP contribution in [0.15, 0.2) is 23.3 Å². The normalized spacial score (nSPS) is 18.9. The largest absolute Gasteiger partial charge is 0.497 e. The fraction of sp³-hybridized carbons (Fsp3) is 0.455. The first-order valence-corrected chi connectivity index (χ1v) is 5.03. The summed E-state index contributed by atoms with van der Waals surface area (Å²) in [6.07, 6.45) is 2.77. The van der Waals surface area contributed by atoms with Crippen molar-refractivity contribution in [2.75, 3.05) is 7.11 Å². The maximum Gasteiger partial charge on any atom is 0.119 e. The average molecular weight is 203 g/mol. The summed E-state index contributed by atoms with van der Waals surface area (Å²) in [6.45, 7) is 0. The lowest BCUT2D eigenvalue weighted by atomic mass is 9.88. The second kappa shape index (κ2) is 4.24. The molecule has 1 atom stereocenters. The molecular formula is C11H13N3O. The smallest absolute Gasteiger partial charge is 0.119 e. The summed E-state index contributed by atoms with van der Waals surface area (Å²) in [5.74, 6) is 0.871. The van der Waals surface area contributed by atoms with Gasteiger partial charge >= 0.3 is 0 Å². The van der Waals surface area contributed by atoms with Gasteiger partial charge in [0.05, 0.1) is 7.11 Å². The number of hydrogen-bond donors (Lipinski definition) is 0. The van der Waals surface area contributed by atoms with Crippen LogP contribution in [-0.4, -0.2) is 13.2 Å². The topological polar surface area (TPSA) is 58.0 Å². The second-order valence-corrected chi connectivity index (χ2v) is 3.74. The number of azide groups is 1. The SMILES string of the molecule is COc1ccc2c(c1)C[C@@H](N=[N+]=[N-])CC2. The molecule has 0 fully saturated rings. The monoisotopic (exact) mass is 203 g/mol. The molecule has 0 heterocycles. The fourth-order valence-electron chi connectivity index (χ4n) is 2.01. The highest BCUT2D eigenvalue weighted by Gasteiger charge is 2.17. The lowest BCUT2D eigenvalue weighted by Gasteiger charge is -2.21. The number of hydrogen-bond acceptors (Lipinski definition) is 2. The van der Waals surface area contributed by atoms with E-state index in [-0.39, 0.29) is 6.04 Å². The van der Waals surface area contributed by atoms with Gasteiger partial charge in [0.2, 0.25) is 0 Å². The lowest BCUT2D eigenvalue weighted by molar-refractivity contribution is 0.413. The van der Waals surface area contributed by atoms with E-state index in [2.05, 4.69) is 16.1 Å². The Balaban J connectivity index is 2.26. The summed E-state index contributed by atoms with van der Waals surface area (Å²) in [5, 5.41) is 3.78. The zero-order valence-electron chi connectivity index (χ0n) is 8.68. The molecule has 0 unspecified atom stereocenters. The zero-order valence-corrected chi connectivity index (χ0v) is 8.68. The van der Waals surface area contributed by atoms with Crippen LogP contribution in [0.5, 0.6) is 5.75 Å². The van der Waals surface area contributed by atoms with Crippen LogP contribution in [0.2, 0.25) is 0 Å². The number of nitrogens with zero attached hydrogens (tertiary/aromatic N) is 3. The van der Waals surface area contributed by atoms with Crippen molar-refractivity contribution in [3.63, 3.8) is 0 Å². The van der Waals surface area contributed by atoms with E-state index in [0.29, 0.717) is 0 Å². The maximum atomic E-state index is 8.40. The Morgan fingerprint density at radius 1 is 1.47 bits per heavy atom. The molecule has 0 amide bonds. The van der Waals surface area contributed by atoms with E-state index in [4.69, 9.17) is 10.3 Å². The molecule has 1 aliphatic rings. The van der Waals surface area contributed by atoms with Gasteiger partial charge in [0.25, 0.3) is 0 Å². The van der Waals surface area contributed by atoms with E-state index in [9.17, 15) is 0 Å². The lowest BCUT2D eigenvalue weighted by Crippen LogP contribution is -2.16. The molecule has 0 N–H and O–H groups in total. The Kier molecular flexibility index (Phi) is 2.79. The minimum Gasteiger partial charge on any atom is -0.497 e. The van der Waals surface area contributed by atoms with E-state index >= 15 is 0 Å². The summed E-state index contributed by atoms with van der Waals surface area (Å²) in [5.41, 5.74) is 11.0. The first-order chi connectivity index (χ1) is 7.33. The van der Waals surface area contributed by atoms with Crippen LogP contribution in [0.4, 0.5) is 0 Å². The number of methoxy groups -OCH3 is 1. The van der Waals surface area contributed by atoms with Crippen molar-refractivity contribution in [3.05, 3.63) is 39.8 Å². The number of aryl methyl sites for hydroxylation is 1.